The number of halogens is 2. The normalized spacial score (nSPS) is 22.9. The lowest BCUT2D eigenvalue weighted by molar-refractivity contribution is -0.126. The fourth-order valence-electron chi connectivity index (χ4n) is 3.24. The van der Waals surface area contributed by atoms with Gasteiger partial charge in [0.25, 0.3) is 0 Å². The van der Waals surface area contributed by atoms with Crippen molar-refractivity contribution in [2.45, 2.75) is 30.2 Å². The SMILES string of the molecule is O=C(NC1CCNC1)C1CCN(S(=O)(=O)c2ccc(F)c(Cl)c2)CC1. The van der Waals surface area contributed by atoms with Crippen molar-refractivity contribution in [2.24, 2.45) is 5.92 Å². The van der Waals surface area contributed by atoms with Gasteiger partial charge in [-0.1, -0.05) is 11.6 Å². The van der Waals surface area contributed by atoms with E-state index < -0.39 is 15.8 Å². The van der Waals surface area contributed by atoms with Gasteiger partial charge in [0, 0.05) is 31.6 Å². The van der Waals surface area contributed by atoms with Gasteiger partial charge in [-0.2, -0.15) is 4.31 Å². The van der Waals surface area contributed by atoms with Gasteiger partial charge in [0.2, 0.25) is 15.9 Å². The molecule has 0 aromatic heterocycles. The Balaban J connectivity index is 1.60. The van der Waals surface area contributed by atoms with Crippen LogP contribution in [0.5, 0.6) is 0 Å². The molecule has 1 aromatic carbocycles. The predicted molar refractivity (Wildman–Crippen MR) is 92.3 cm³/mol. The van der Waals surface area contributed by atoms with Gasteiger partial charge in [0.1, 0.15) is 5.82 Å². The number of sulfonamides is 1. The number of amides is 1. The topological polar surface area (TPSA) is 78.5 Å². The van der Waals surface area contributed by atoms with E-state index in [9.17, 15) is 17.6 Å². The van der Waals surface area contributed by atoms with Crippen LogP contribution in [-0.4, -0.2) is 50.9 Å². The molecule has 2 fully saturated rings. The summed E-state index contributed by atoms with van der Waals surface area (Å²) in [5.41, 5.74) is 0. The van der Waals surface area contributed by atoms with E-state index in [1.54, 1.807) is 0 Å². The number of benzene rings is 1. The van der Waals surface area contributed by atoms with E-state index in [4.69, 9.17) is 11.6 Å². The second kappa shape index (κ2) is 7.57. The molecule has 0 bridgehead atoms. The minimum atomic E-state index is -3.73. The molecule has 1 unspecified atom stereocenters. The van der Waals surface area contributed by atoms with E-state index in [1.807, 2.05) is 0 Å². The Bertz CT molecular complexity index is 745. The molecular formula is C16H21ClFN3O3S. The van der Waals surface area contributed by atoms with E-state index in [0.29, 0.717) is 12.8 Å². The molecule has 0 saturated carbocycles. The van der Waals surface area contributed by atoms with Gasteiger partial charge >= 0.3 is 0 Å². The minimum absolute atomic E-state index is 0.00410. The first-order chi connectivity index (χ1) is 11.9. The van der Waals surface area contributed by atoms with E-state index in [2.05, 4.69) is 10.6 Å². The van der Waals surface area contributed by atoms with Crippen molar-refractivity contribution in [2.75, 3.05) is 26.2 Å². The van der Waals surface area contributed by atoms with Crippen molar-refractivity contribution in [3.05, 3.63) is 29.0 Å². The van der Waals surface area contributed by atoms with Crippen LogP contribution in [-0.2, 0) is 14.8 Å². The summed E-state index contributed by atoms with van der Waals surface area (Å²) >= 11 is 5.69. The van der Waals surface area contributed by atoms with Gasteiger partial charge in [-0.3, -0.25) is 4.79 Å². The zero-order valence-corrected chi connectivity index (χ0v) is 15.2. The molecule has 2 saturated heterocycles. The van der Waals surface area contributed by atoms with Gasteiger partial charge in [-0.15, -0.1) is 0 Å². The first-order valence-electron chi connectivity index (χ1n) is 8.34. The van der Waals surface area contributed by atoms with Crippen LogP contribution in [0.4, 0.5) is 4.39 Å². The highest BCUT2D eigenvalue weighted by molar-refractivity contribution is 7.89. The van der Waals surface area contributed by atoms with Crippen LogP contribution in [0.3, 0.4) is 0 Å². The fourth-order valence-corrected chi connectivity index (χ4v) is 4.98. The maximum absolute atomic E-state index is 13.2. The molecular weight excluding hydrogens is 369 g/mol. The number of hydrogen-bond donors (Lipinski definition) is 2. The average molecular weight is 390 g/mol. The Labute approximate surface area is 151 Å². The Kier molecular flexibility index (Phi) is 5.62. The number of hydrogen-bond acceptors (Lipinski definition) is 4. The average Bonchev–Trinajstić information content (AvgIpc) is 3.10. The first kappa shape index (κ1) is 18.6. The second-order valence-corrected chi connectivity index (χ2v) is 8.80. The number of carbonyl (C=O) groups is 1. The summed E-state index contributed by atoms with van der Waals surface area (Å²) in [5.74, 6) is -0.836. The predicted octanol–water partition coefficient (Wildman–Crippen LogP) is 1.36. The van der Waals surface area contributed by atoms with Gasteiger partial charge in [0.05, 0.1) is 9.92 Å². The van der Waals surface area contributed by atoms with Crippen molar-refractivity contribution in [3.63, 3.8) is 0 Å². The Hall–Kier alpha value is -1.22. The molecule has 0 aliphatic carbocycles. The molecule has 138 valence electrons. The molecule has 2 heterocycles. The van der Waals surface area contributed by atoms with E-state index in [-0.39, 0.29) is 40.9 Å². The molecule has 6 nitrogen and oxygen atoms in total. The number of nitrogens with zero attached hydrogens (tertiary/aromatic N) is 1. The number of rotatable bonds is 4. The Morgan fingerprint density at radius 1 is 1.28 bits per heavy atom. The summed E-state index contributed by atoms with van der Waals surface area (Å²) in [6, 6.07) is 3.54. The van der Waals surface area contributed by atoms with E-state index in [0.717, 1.165) is 31.6 Å². The lowest BCUT2D eigenvalue weighted by Crippen LogP contribution is -2.45. The molecule has 3 rings (SSSR count). The maximum Gasteiger partial charge on any atom is 0.243 e. The van der Waals surface area contributed by atoms with Crippen LogP contribution in [0.2, 0.25) is 5.02 Å². The van der Waals surface area contributed by atoms with Crippen LogP contribution in [0, 0.1) is 11.7 Å². The van der Waals surface area contributed by atoms with Crippen molar-refractivity contribution in [3.8, 4) is 0 Å². The van der Waals surface area contributed by atoms with E-state index in [1.165, 1.54) is 10.4 Å². The smallest absolute Gasteiger partial charge is 0.243 e. The van der Waals surface area contributed by atoms with Crippen molar-refractivity contribution in [1.82, 2.24) is 14.9 Å². The maximum atomic E-state index is 13.2. The van der Waals surface area contributed by atoms with Crippen LogP contribution >= 0.6 is 11.6 Å². The fraction of sp³-hybridized carbons (Fsp3) is 0.562. The van der Waals surface area contributed by atoms with Gasteiger partial charge in [0.15, 0.2) is 0 Å². The number of carbonyl (C=O) groups excluding carboxylic acids is 1. The summed E-state index contributed by atoms with van der Waals surface area (Å²) in [6.07, 6.45) is 1.87. The van der Waals surface area contributed by atoms with Crippen molar-refractivity contribution < 1.29 is 17.6 Å². The largest absolute Gasteiger partial charge is 0.352 e. The number of nitrogens with one attached hydrogen (secondary N) is 2. The highest BCUT2D eigenvalue weighted by atomic mass is 35.5. The number of piperidine rings is 1. The summed E-state index contributed by atoms with van der Waals surface area (Å²) in [6.45, 7) is 2.21. The van der Waals surface area contributed by atoms with Crippen molar-refractivity contribution >= 4 is 27.5 Å². The van der Waals surface area contributed by atoms with Gasteiger partial charge < -0.3 is 10.6 Å². The molecule has 0 spiro atoms. The molecule has 0 radical (unpaired) electrons. The standard InChI is InChI=1S/C16H21ClFN3O3S/c17-14-9-13(1-2-15(14)18)25(23,24)21-7-4-11(5-8-21)16(22)20-12-3-6-19-10-12/h1-2,9,11-12,19H,3-8,10H2,(H,20,22). The summed E-state index contributed by atoms with van der Waals surface area (Å²) in [5, 5.41) is 5.99. The lowest BCUT2D eigenvalue weighted by atomic mass is 9.97. The minimum Gasteiger partial charge on any atom is -0.352 e. The van der Waals surface area contributed by atoms with Crippen LogP contribution in [0.25, 0.3) is 0 Å². The van der Waals surface area contributed by atoms with Gasteiger partial charge in [-0.25, -0.2) is 12.8 Å². The molecule has 2 aliphatic rings. The first-order valence-corrected chi connectivity index (χ1v) is 10.2. The summed E-state index contributed by atoms with van der Waals surface area (Å²) in [4.78, 5) is 12.3. The quantitative estimate of drug-likeness (QED) is 0.815. The third-order valence-electron chi connectivity index (χ3n) is 4.76. The van der Waals surface area contributed by atoms with Crippen LogP contribution in [0.1, 0.15) is 19.3 Å². The molecule has 1 atom stereocenters. The molecule has 2 N–H and O–H groups in total. The molecule has 25 heavy (non-hydrogen) atoms. The molecule has 1 amide bonds. The highest BCUT2D eigenvalue weighted by Crippen LogP contribution is 2.26. The van der Waals surface area contributed by atoms with E-state index >= 15 is 0 Å². The zero-order chi connectivity index (χ0) is 18.0. The summed E-state index contributed by atoms with van der Waals surface area (Å²) in [7, 11) is -3.73. The molecule has 2 aliphatic heterocycles. The summed E-state index contributed by atoms with van der Waals surface area (Å²) < 4.78 is 39.9. The highest BCUT2D eigenvalue weighted by Gasteiger charge is 2.33. The van der Waals surface area contributed by atoms with Crippen molar-refractivity contribution in [1.29, 1.82) is 0 Å². The zero-order valence-electron chi connectivity index (χ0n) is 13.7. The lowest BCUT2D eigenvalue weighted by Gasteiger charge is -2.31. The monoisotopic (exact) mass is 389 g/mol. The molecule has 1 aromatic rings. The Morgan fingerprint density at radius 2 is 2.00 bits per heavy atom. The third-order valence-corrected chi connectivity index (χ3v) is 6.94. The third kappa shape index (κ3) is 4.13. The molecule has 9 heteroatoms. The van der Waals surface area contributed by atoms with Crippen LogP contribution < -0.4 is 10.6 Å². The van der Waals surface area contributed by atoms with Gasteiger partial charge in [-0.05, 0) is 44.0 Å². The second-order valence-electron chi connectivity index (χ2n) is 6.45. The Morgan fingerprint density at radius 3 is 2.60 bits per heavy atom. The van der Waals surface area contributed by atoms with Crippen LogP contribution in [0.15, 0.2) is 23.1 Å².